The van der Waals surface area contributed by atoms with Crippen LogP contribution in [0.5, 0.6) is 0 Å². The highest BCUT2D eigenvalue weighted by Crippen LogP contribution is 2.23. The molecule has 1 saturated carbocycles. The van der Waals surface area contributed by atoms with Gasteiger partial charge >= 0.3 is 0 Å². The van der Waals surface area contributed by atoms with Crippen LogP contribution >= 0.6 is 0 Å². The van der Waals surface area contributed by atoms with Gasteiger partial charge in [0.1, 0.15) is 0 Å². The Kier molecular flexibility index (Phi) is 17.3. The number of hydrogen-bond acceptors (Lipinski definition) is 3. The number of rotatable bonds is 11. The maximum absolute atomic E-state index is 12.2. The molecule has 1 aliphatic carbocycles. The van der Waals surface area contributed by atoms with Crippen LogP contribution in [-0.2, 0) is 0 Å². The lowest BCUT2D eigenvalue weighted by atomic mass is 9.97. The summed E-state index contributed by atoms with van der Waals surface area (Å²) in [6, 6.07) is 8.63. The zero-order chi connectivity index (χ0) is 30.1. The summed E-state index contributed by atoms with van der Waals surface area (Å²) in [4.78, 5) is 14.6. The quantitative estimate of drug-likeness (QED) is 0.170. The molecule has 0 radical (unpaired) electrons. The fourth-order valence-electron chi connectivity index (χ4n) is 5.18. The molecule has 2 fully saturated rings. The van der Waals surface area contributed by atoms with Gasteiger partial charge in [-0.15, -0.1) is 6.58 Å². The molecular weight excluding hydrogens is 488 g/mol. The van der Waals surface area contributed by atoms with Gasteiger partial charge in [-0.1, -0.05) is 108 Å². The van der Waals surface area contributed by atoms with Crippen LogP contribution in [-0.4, -0.2) is 29.3 Å². The zero-order valence-electron chi connectivity index (χ0n) is 27.0. The first-order valence-corrected chi connectivity index (χ1v) is 15.9. The van der Waals surface area contributed by atoms with Gasteiger partial charge in [0, 0.05) is 29.5 Å². The van der Waals surface area contributed by atoms with Gasteiger partial charge in [0.15, 0.2) is 5.78 Å². The van der Waals surface area contributed by atoms with Gasteiger partial charge in [-0.3, -0.25) is 4.79 Å². The van der Waals surface area contributed by atoms with Crippen LogP contribution in [0.4, 0.5) is 0 Å². The molecule has 224 valence electrons. The number of allylic oxidation sites excluding steroid dienone is 4. The Morgan fingerprint density at radius 1 is 1.05 bits per heavy atom. The predicted octanol–water partition coefficient (Wildman–Crippen LogP) is 10.2. The van der Waals surface area contributed by atoms with Gasteiger partial charge in [-0.05, 0) is 76.9 Å². The van der Waals surface area contributed by atoms with Crippen molar-refractivity contribution >= 4 is 5.78 Å². The van der Waals surface area contributed by atoms with Crippen molar-refractivity contribution in [1.29, 1.82) is 0 Å². The topological polar surface area (TPSA) is 32.3 Å². The standard InChI is InChI=1S/C16H20O.C15H28N2.C6H12/c1-5-14(6-2)11-13(4)16(17)15-9-7-8-12(3)10-15;1-7-11(2)13(4)16-14(5)15(6)17-10-8-9-12(17)3;1-2-4-6-5-3-1/h5,7-11,14H,1,6H2,2-4H3;11-12,14,16H,4,6-10H2,1-3,5H3;1-6H2/b13-11+;;. The first-order valence-electron chi connectivity index (χ1n) is 15.9. The van der Waals surface area contributed by atoms with Crippen LogP contribution in [0.2, 0.25) is 0 Å². The molecular formula is C37H60N2O. The molecule has 0 amide bonds. The molecule has 3 rings (SSSR count). The third-order valence-electron chi connectivity index (χ3n) is 8.41. The Morgan fingerprint density at radius 2 is 1.65 bits per heavy atom. The van der Waals surface area contributed by atoms with Gasteiger partial charge in [0.2, 0.25) is 0 Å². The lowest BCUT2D eigenvalue weighted by Crippen LogP contribution is -2.38. The molecule has 3 nitrogen and oxygen atoms in total. The highest BCUT2D eigenvalue weighted by atomic mass is 16.1. The van der Waals surface area contributed by atoms with Gasteiger partial charge in [0.05, 0.1) is 6.04 Å². The third-order valence-corrected chi connectivity index (χ3v) is 8.41. The molecule has 1 N–H and O–H groups in total. The zero-order valence-corrected chi connectivity index (χ0v) is 27.0. The predicted molar refractivity (Wildman–Crippen MR) is 177 cm³/mol. The van der Waals surface area contributed by atoms with E-state index < -0.39 is 0 Å². The van der Waals surface area contributed by atoms with E-state index in [0.717, 1.165) is 41.8 Å². The Labute approximate surface area is 247 Å². The molecule has 4 atom stereocenters. The molecule has 1 aromatic carbocycles. The molecule has 1 saturated heterocycles. The first-order chi connectivity index (χ1) is 19.0. The van der Waals surface area contributed by atoms with Crippen LogP contribution in [0.1, 0.15) is 122 Å². The molecule has 0 bridgehead atoms. The van der Waals surface area contributed by atoms with Crippen molar-refractivity contribution in [1.82, 2.24) is 10.2 Å². The number of likely N-dealkylation sites (tertiary alicyclic amines) is 1. The van der Waals surface area contributed by atoms with E-state index in [1.54, 1.807) is 0 Å². The van der Waals surface area contributed by atoms with Gasteiger partial charge < -0.3 is 10.2 Å². The molecule has 40 heavy (non-hydrogen) atoms. The second-order valence-corrected chi connectivity index (χ2v) is 11.9. The Balaban J connectivity index is 0.000000331. The fourth-order valence-corrected chi connectivity index (χ4v) is 5.18. The van der Waals surface area contributed by atoms with Crippen LogP contribution in [0.3, 0.4) is 0 Å². The maximum Gasteiger partial charge on any atom is 0.188 e. The van der Waals surface area contributed by atoms with Crippen LogP contribution in [0.15, 0.2) is 73.1 Å². The van der Waals surface area contributed by atoms with Crippen molar-refractivity contribution in [2.45, 2.75) is 125 Å². The lowest BCUT2D eigenvalue weighted by Gasteiger charge is -2.32. The van der Waals surface area contributed by atoms with E-state index in [2.05, 4.69) is 64.6 Å². The van der Waals surface area contributed by atoms with Crippen molar-refractivity contribution < 1.29 is 4.79 Å². The largest absolute Gasteiger partial charge is 0.381 e. The van der Waals surface area contributed by atoms with E-state index >= 15 is 0 Å². The van der Waals surface area contributed by atoms with E-state index in [0.29, 0.717) is 12.0 Å². The number of benzene rings is 1. The normalized spacial score (nSPS) is 19.1. The van der Waals surface area contributed by atoms with E-state index in [1.165, 1.54) is 57.1 Å². The molecule has 3 heteroatoms. The SMILES string of the molecule is C1CCCCC1.C=C(NC(C)C(=C)N1CCCC1C)C(C)CC.C=CC(/C=C(\C)C(=O)c1cccc(C)c1)CC. The van der Waals surface area contributed by atoms with Crippen molar-refractivity contribution in [2.24, 2.45) is 11.8 Å². The summed E-state index contributed by atoms with van der Waals surface area (Å²) in [7, 11) is 0. The Hall–Kier alpha value is -2.55. The average Bonchev–Trinajstić information content (AvgIpc) is 3.41. The minimum atomic E-state index is 0.106. The lowest BCUT2D eigenvalue weighted by molar-refractivity contribution is 0.103. The number of ketones is 1. The number of Topliss-reactive ketones (excluding diaryl/α,β-unsaturated/α-hetero) is 1. The molecule has 0 spiro atoms. The minimum absolute atomic E-state index is 0.106. The highest BCUT2D eigenvalue weighted by molar-refractivity contribution is 6.08. The fraction of sp³-hybridized carbons (Fsp3) is 0.595. The smallest absolute Gasteiger partial charge is 0.188 e. The van der Waals surface area contributed by atoms with Crippen molar-refractivity contribution in [2.75, 3.05) is 6.54 Å². The van der Waals surface area contributed by atoms with Crippen LogP contribution in [0, 0.1) is 18.8 Å². The van der Waals surface area contributed by atoms with E-state index in [1.807, 2.05) is 50.3 Å². The molecule has 1 heterocycles. The summed E-state index contributed by atoms with van der Waals surface area (Å²) < 4.78 is 0. The number of nitrogens with one attached hydrogen (secondary N) is 1. The van der Waals surface area contributed by atoms with Gasteiger partial charge in [0.25, 0.3) is 0 Å². The first kappa shape index (κ1) is 35.5. The summed E-state index contributed by atoms with van der Waals surface area (Å²) in [5.74, 6) is 0.916. The van der Waals surface area contributed by atoms with E-state index in [4.69, 9.17) is 0 Å². The summed E-state index contributed by atoms with van der Waals surface area (Å²) in [6.45, 7) is 28.1. The van der Waals surface area contributed by atoms with Crippen molar-refractivity contribution in [3.05, 3.63) is 84.2 Å². The van der Waals surface area contributed by atoms with E-state index in [-0.39, 0.29) is 17.7 Å². The number of carbonyl (C=O) groups excluding carboxylic acids is 1. The second-order valence-electron chi connectivity index (χ2n) is 11.9. The molecule has 2 aliphatic rings. The average molecular weight is 549 g/mol. The maximum atomic E-state index is 12.2. The van der Waals surface area contributed by atoms with E-state index in [9.17, 15) is 4.79 Å². The number of nitrogens with zero attached hydrogens (tertiary/aromatic N) is 1. The van der Waals surface area contributed by atoms with Crippen molar-refractivity contribution in [3.8, 4) is 0 Å². The third kappa shape index (κ3) is 12.7. The number of hydrogen-bond donors (Lipinski definition) is 1. The van der Waals surface area contributed by atoms with Crippen LogP contribution in [0.25, 0.3) is 0 Å². The summed E-state index contributed by atoms with van der Waals surface area (Å²) in [5.41, 5.74) is 5.01. The summed E-state index contributed by atoms with van der Waals surface area (Å²) in [5, 5.41) is 3.49. The summed E-state index contributed by atoms with van der Waals surface area (Å²) >= 11 is 0. The Morgan fingerprint density at radius 3 is 2.10 bits per heavy atom. The summed E-state index contributed by atoms with van der Waals surface area (Å²) in [6.07, 6.45) is 17.6. The van der Waals surface area contributed by atoms with Gasteiger partial charge in [-0.25, -0.2) is 0 Å². The molecule has 0 aromatic heterocycles. The second kappa shape index (κ2) is 19.5. The number of carbonyl (C=O) groups is 1. The molecule has 1 aliphatic heterocycles. The highest BCUT2D eigenvalue weighted by Gasteiger charge is 2.24. The Bertz CT molecular complexity index is 943. The van der Waals surface area contributed by atoms with Crippen molar-refractivity contribution in [3.63, 3.8) is 0 Å². The molecule has 4 unspecified atom stereocenters. The monoisotopic (exact) mass is 548 g/mol. The van der Waals surface area contributed by atoms with Crippen LogP contribution < -0.4 is 5.32 Å². The number of aryl methyl sites for hydroxylation is 1. The van der Waals surface area contributed by atoms with Gasteiger partial charge in [-0.2, -0.15) is 0 Å². The minimum Gasteiger partial charge on any atom is -0.381 e. The molecule has 1 aromatic rings.